The van der Waals surface area contributed by atoms with Crippen LogP contribution in [0.1, 0.15) is 39.3 Å². The van der Waals surface area contributed by atoms with Gasteiger partial charge >= 0.3 is 0 Å². The number of aliphatic hydroxyl groups excluding tert-OH is 1. The molecule has 4 heteroatoms. The number of hydrogen-bond donors (Lipinski definition) is 2. The Balaban J connectivity index is 2.74. The summed E-state index contributed by atoms with van der Waals surface area (Å²) in [5, 5.41) is 12.5. The highest BCUT2D eigenvalue weighted by Gasteiger charge is 2.15. The van der Waals surface area contributed by atoms with Crippen molar-refractivity contribution in [3.63, 3.8) is 0 Å². The molecule has 0 aliphatic rings. The normalized spacial score (nSPS) is 11.3. The van der Waals surface area contributed by atoms with Gasteiger partial charge in [-0.1, -0.05) is 19.9 Å². The van der Waals surface area contributed by atoms with Gasteiger partial charge in [0, 0.05) is 25.7 Å². The van der Waals surface area contributed by atoms with Gasteiger partial charge in [-0.15, -0.1) is 0 Å². The first-order chi connectivity index (χ1) is 9.24. The van der Waals surface area contributed by atoms with E-state index < -0.39 is 0 Å². The molecule has 0 aliphatic heterocycles. The van der Waals surface area contributed by atoms with Crippen LogP contribution in [0.3, 0.4) is 0 Å². The van der Waals surface area contributed by atoms with Crippen molar-refractivity contribution >= 4 is 5.82 Å². The van der Waals surface area contributed by atoms with Crippen LogP contribution in [0.15, 0.2) is 18.2 Å². The lowest BCUT2D eigenvalue weighted by atomic mass is 10.1. The zero-order chi connectivity index (χ0) is 14.1. The van der Waals surface area contributed by atoms with Gasteiger partial charge in [0.25, 0.3) is 0 Å². The van der Waals surface area contributed by atoms with Crippen molar-refractivity contribution in [2.75, 3.05) is 25.0 Å². The molecule has 0 radical (unpaired) electrons. The highest BCUT2D eigenvalue weighted by Crippen LogP contribution is 2.13. The summed E-state index contributed by atoms with van der Waals surface area (Å²) >= 11 is 0. The predicted molar refractivity (Wildman–Crippen MR) is 80.3 cm³/mol. The molecule has 0 saturated heterocycles. The van der Waals surface area contributed by atoms with Gasteiger partial charge < -0.3 is 10.4 Å². The minimum Gasteiger partial charge on any atom is -0.395 e. The van der Waals surface area contributed by atoms with E-state index in [4.69, 9.17) is 0 Å². The van der Waals surface area contributed by atoms with Crippen molar-refractivity contribution in [3.05, 3.63) is 23.9 Å². The fourth-order valence-electron chi connectivity index (χ4n) is 2.38. The molecule has 0 saturated carbocycles. The molecule has 1 rings (SSSR count). The van der Waals surface area contributed by atoms with Crippen LogP contribution in [0.2, 0.25) is 0 Å². The molecule has 19 heavy (non-hydrogen) atoms. The fourth-order valence-corrected chi connectivity index (χ4v) is 2.38. The molecule has 1 aromatic heterocycles. The van der Waals surface area contributed by atoms with Crippen molar-refractivity contribution < 1.29 is 5.11 Å². The highest BCUT2D eigenvalue weighted by atomic mass is 16.3. The van der Waals surface area contributed by atoms with E-state index in [0.717, 1.165) is 37.4 Å². The van der Waals surface area contributed by atoms with Crippen LogP contribution < -0.4 is 5.32 Å². The summed E-state index contributed by atoms with van der Waals surface area (Å²) < 4.78 is 0. The molecule has 0 fully saturated rings. The maximum absolute atomic E-state index is 9.22. The first-order valence-corrected chi connectivity index (χ1v) is 7.29. The smallest absolute Gasteiger partial charge is 0.126 e. The molecule has 0 unspecified atom stereocenters. The lowest BCUT2D eigenvalue weighted by Gasteiger charge is -2.29. The number of hydrogen-bond acceptors (Lipinski definition) is 4. The fraction of sp³-hybridized carbons (Fsp3) is 0.667. The van der Waals surface area contributed by atoms with Crippen LogP contribution in [0.25, 0.3) is 0 Å². The quantitative estimate of drug-likeness (QED) is 0.720. The minimum absolute atomic E-state index is 0.198. The number of pyridine rings is 1. The van der Waals surface area contributed by atoms with Crippen LogP contribution in [0, 0.1) is 0 Å². The van der Waals surface area contributed by atoms with E-state index in [1.54, 1.807) is 0 Å². The average molecular weight is 265 g/mol. The molecule has 0 spiro atoms. The standard InChI is InChI=1S/C15H27N3O/c1-4-14(5-2)18(10-11-19)12-13-8-7-9-15(17-13)16-6-3/h7-9,14,19H,4-6,10-12H2,1-3H3,(H,16,17). The zero-order valence-electron chi connectivity index (χ0n) is 12.4. The van der Waals surface area contributed by atoms with Crippen molar-refractivity contribution in [1.82, 2.24) is 9.88 Å². The average Bonchev–Trinajstić information content (AvgIpc) is 2.41. The third-order valence-corrected chi connectivity index (χ3v) is 3.38. The monoisotopic (exact) mass is 265 g/mol. The summed E-state index contributed by atoms with van der Waals surface area (Å²) in [5.41, 5.74) is 1.05. The maximum Gasteiger partial charge on any atom is 0.126 e. The van der Waals surface area contributed by atoms with Crippen molar-refractivity contribution in [1.29, 1.82) is 0 Å². The van der Waals surface area contributed by atoms with Gasteiger partial charge in [0.15, 0.2) is 0 Å². The van der Waals surface area contributed by atoms with Gasteiger partial charge in [-0.05, 0) is 31.9 Å². The van der Waals surface area contributed by atoms with Crippen LogP contribution >= 0.6 is 0 Å². The Morgan fingerprint density at radius 1 is 1.26 bits per heavy atom. The predicted octanol–water partition coefficient (Wildman–Crippen LogP) is 2.50. The van der Waals surface area contributed by atoms with Crippen molar-refractivity contribution in [2.45, 2.75) is 46.2 Å². The Labute approximate surface area is 116 Å². The third-order valence-electron chi connectivity index (χ3n) is 3.38. The van der Waals surface area contributed by atoms with Crippen LogP contribution in [-0.4, -0.2) is 40.7 Å². The molecular weight excluding hydrogens is 238 g/mol. The largest absolute Gasteiger partial charge is 0.395 e. The Bertz CT molecular complexity index is 353. The number of rotatable bonds is 9. The first-order valence-electron chi connectivity index (χ1n) is 7.29. The molecule has 0 aromatic carbocycles. The number of aromatic nitrogens is 1. The van der Waals surface area contributed by atoms with Gasteiger partial charge in [0.2, 0.25) is 0 Å². The highest BCUT2D eigenvalue weighted by molar-refractivity contribution is 5.34. The first kappa shape index (κ1) is 15.9. The Kier molecular flexibility index (Phi) is 7.45. The molecule has 0 aliphatic carbocycles. The van der Waals surface area contributed by atoms with Crippen LogP contribution in [0.5, 0.6) is 0 Å². The molecule has 0 bridgehead atoms. The molecular formula is C15H27N3O. The van der Waals surface area contributed by atoms with Gasteiger partial charge in [0.05, 0.1) is 12.3 Å². The molecule has 4 nitrogen and oxygen atoms in total. The van der Waals surface area contributed by atoms with E-state index in [1.165, 1.54) is 0 Å². The Morgan fingerprint density at radius 2 is 2.00 bits per heavy atom. The van der Waals surface area contributed by atoms with Gasteiger partial charge in [0.1, 0.15) is 5.82 Å². The molecule has 0 atom stereocenters. The summed E-state index contributed by atoms with van der Waals surface area (Å²) in [6, 6.07) is 6.58. The van der Waals surface area contributed by atoms with E-state index in [2.05, 4.69) is 36.0 Å². The summed E-state index contributed by atoms with van der Waals surface area (Å²) in [7, 11) is 0. The SMILES string of the molecule is CCNc1cccc(CN(CCO)C(CC)CC)n1. The van der Waals surface area contributed by atoms with E-state index in [1.807, 2.05) is 18.2 Å². The van der Waals surface area contributed by atoms with Crippen LogP contribution in [-0.2, 0) is 6.54 Å². The second kappa shape index (κ2) is 8.88. The molecule has 1 heterocycles. The minimum atomic E-state index is 0.198. The van der Waals surface area contributed by atoms with Gasteiger partial charge in [-0.2, -0.15) is 0 Å². The number of aliphatic hydroxyl groups is 1. The lowest BCUT2D eigenvalue weighted by molar-refractivity contribution is 0.135. The molecule has 108 valence electrons. The molecule has 1 aromatic rings. The summed E-state index contributed by atoms with van der Waals surface area (Å²) in [6.07, 6.45) is 2.20. The third kappa shape index (κ3) is 5.17. The lowest BCUT2D eigenvalue weighted by Crippen LogP contribution is -2.36. The van der Waals surface area contributed by atoms with E-state index >= 15 is 0 Å². The number of nitrogens with one attached hydrogen (secondary N) is 1. The maximum atomic E-state index is 9.22. The Morgan fingerprint density at radius 3 is 2.58 bits per heavy atom. The van der Waals surface area contributed by atoms with Gasteiger partial charge in [-0.25, -0.2) is 4.98 Å². The second-order valence-electron chi connectivity index (χ2n) is 4.71. The summed E-state index contributed by atoms with van der Waals surface area (Å²) in [5.74, 6) is 0.925. The van der Waals surface area contributed by atoms with Crippen molar-refractivity contribution in [3.8, 4) is 0 Å². The van der Waals surface area contributed by atoms with Crippen LogP contribution in [0.4, 0.5) is 5.82 Å². The number of anilines is 1. The van der Waals surface area contributed by atoms with E-state index in [-0.39, 0.29) is 6.61 Å². The number of nitrogens with zero attached hydrogens (tertiary/aromatic N) is 2. The summed E-state index contributed by atoms with van der Waals surface area (Å²) in [4.78, 5) is 6.92. The van der Waals surface area contributed by atoms with E-state index in [0.29, 0.717) is 12.6 Å². The molecule has 2 N–H and O–H groups in total. The zero-order valence-corrected chi connectivity index (χ0v) is 12.4. The Hall–Kier alpha value is -1.13. The van der Waals surface area contributed by atoms with Gasteiger partial charge in [-0.3, -0.25) is 4.90 Å². The second-order valence-corrected chi connectivity index (χ2v) is 4.71. The van der Waals surface area contributed by atoms with Crippen molar-refractivity contribution in [2.24, 2.45) is 0 Å². The van der Waals surface area contributed by atoms with E-state index in [9.17, 15) is 5.11 Å². The molecule has 0 amide bonds. The topological polar surface area (TPSA) is 48.4 Å². The summed E-state index contributed by atoms with van der Waals surface area (Å²) in [6.45, 7) is 9.04.